The lowest BCUT2D eigenvalue weighted by atomic mass is 10.00. The first-order chi connectivity index (χ1) is 13.6. The summed E-state index contributed by atoms with van der Waals surface area (Å²) in [6, 6.07) is 11.8. The first-order valence-electron chi connectivity index (χ1n) is 9.30. The summed E-state index contributed by atoms with van der Waals surface area (Å²) < 4.78 is 1.70. The van der Waals surface area contributed by atoms with E-state index >= 15 is 0 Å². The summed E-state index contributed by atoms with van der Waals surface area (Å²) in [4.78, 5) is 34.7. The number of nitrogens with one attached hydrogen (secondary N) is 1. The molecule has 142 valence electrons. The third-order valence-corrected chi connectivity index (χ3v) is 4.84. The van der Waals surface area contributed by atoms with Gasteiger partial charge in [0.05, 0.1) is 11.9 Å². The predicted molar refractivity (Wildman–Crippen MR) is 105 cm³/mol. The van der Waals surface area contributed by atoms with E-state index < -0.39 is 0 Å². The highest BCUT2D eigenvalue weighted by Crippen LogP contribution is 2.20. The molecule has 0 saturated heterocycles. The molecule has 3 aromatic rings. The van der Waals surface area contributed by atoms with Crippen LogP contribution in [0.5, 0.6) is 0 Å². The molecule has 1 N–H and O–H groups in total. The quantitative estimate of drug-likeness (QED) is 0.760. The van der Waals surface area contributed by atoms with E-state index in [0.29, 0.717) is 36.7 Å². The fourth-order valence-electron chi connectivity index (χ4n) is 3.25. The number of rotatable bonds is 4. The highest BCUT2D eigenvalue weighted by atomic mass is 16.2. The van der Waals surface area contributed by atoms with Gasteiger partial charge in [-0.15, -0.1) is 0 Å². The Bertz CT molecular complexity index is 1010. The first-order valence-corrected chi connectivity index (χ1v) is 9.30. The third-order valence-electron chi connectivity index (χ3n) is 4.84. The summed E-state index contributed by atoms with van der Waals surface area (Å²) in [5.74, 6) is 0.485. The van der Waals surface area contributed by atoms with Gasteiger partial charge in [-0.05, 0) is 29.7 Å². The molecule has 1 aliphatic rings. The van der Waals surface area contributed by atoms with Gasteiger partial charge in [0.2, 0.25) is 5.91 Å². The predicted octanol–water partition coefficient (Wildman–Crippen LogP) is 2.81. The molecule has 0 saturated carbocycles. The van der Waals surface area contributed by atoms with E-state index in [0.717, 1.165) is 6.42 Å². The largest absolute Gasteiger partial charge is 0.333 e. The van der Waals surface area contributed by atoms with Crippen molar-refractivity contribution in [2.45, 2.75) is 26.3 Å². The number of aromatic nitrogens is 3. The second kappa shape index (κ2) is 7.64. The van der Waals surface area contributed by atoms with Crippen LogP contribution in [-0.2, 0) is 17.8 Å². The number of hydrogen-bond acceptors (Lipinski definition) is 4. The van der Waals surface area contributed by atoms with Crippen molar-refractivity contribution in [1.29, 1.82) is 0 Å². The Morgan fingerprint density at radius 1 is 1.11 bits per heavy atom. The van der Waals surface area contributed by atoms with Crippen LogP contribution in [0.2, 0.25) is 0 Å². The minimum Gasteiger partial charge on any atom is -0.333 e. The van der Waals surface area contributed by atoms with Crippen molar-refractivity contribution in [2.24, 2.45) is 0 Å². The fraction of sp³-hybridized carbons (Fsp3) is 0.238. The summed E-state index contributed by atoms with van der Waals surface area (Å²) in [6.07, 6.45) is 6.13. The monoisotopic (exact) mass is 375 g/mol. The molecule has 0 unspecified atom stereocenters. The molecule has 2 amide bonds. The summed E-state index contributed by atoms with van der Waals surface area (Å²) in [7, 11) is 0. The second-order valence-electron chi connectivity index (χ2n) is 6.72. The lowest BCUT2D eigenvalue weighted by Gasteiger charge is -2.28. The molecule has 7 heteroatoms. The van der Waals surface area contributed by atoms with Crippen LogP contribution in [-0.4, -0.2) is 37.8 Å². The maximum atomic E-state index is 12.8. The van der Waals surface area contributed by atoms with E-state index in [1.54, 1.807) is 42.3 Å². The number of benzene rings is 1. The Hall–Kier alpha value is -3.48. The number of fused-ring (bicyclic) bond motifs is 1. The summed E-state index contributed by atoms with van der Waals surface area (Å²) in [5, 5.41) is 2.76. The van der Waals surface area contributed by atoms with Gasteiger partial charge in [-0.25, -0.2) is 9.97 Å². The van der Waals surface area contributed by atoms with Gasteiger partial charge in [0.15, 0.2) is 0 Å². The molecule has 0 radical (unpaired) electrons. The van der Waals surface area contributed by atoms with Crippen molar-refractivity contribution in [2.75, 3.05) is 11.9 Å². The maximum absolute atomic E-state index is 12.8. The Balaban J connectivity index is 1.47. The van der Waals surface area contributed by atoms with Gasteiger partial charge >= 0.3 is 0 Å². The maximum Gasteiger partial charge on any atom is 0.274 e. The van der Waals surface area contributed by atoms with Gasteiger partial charge in [-0.1, -0.05) is 31.2 Å². The van der Waals surface area contributed by atoms with Crippen molar-refractivity contribution in [3.63, 3.8) is 0 Å². The Kier molecular flexibility index (Phi) is 4.89. The van der Waals surface area contributed by atoms with Crippen molar-refractivity contribution in [1.82, 2.24) is 19.4 Å². The van der Waals surface area contributed by atoms with Crippen LogP contribution in [0.4, 0.5) is 5.69 Å². The van der Waals surface area contributed by atoms with Crippen molar-refractivity contribution in [3.8, 4) is 5.82 Å². The third kappa shape index (κ3) is 3.64. The van der Waals surface area contributed by atoms with E-state index in [1.165, 1.54) is 11.1 Å². The van der Waals surface area contributed by atoms with Crippen molar-refractivity contribution in [3.05, 3.63) is 71.9 Å². The Labute approximate surface area is 163 Å². The molecule has 1 aliphatic heterocycles. The van der Waals surface area contributed by atoms with Crippen LogP contribution < -0.4 is 5.32 Å². The summed E-state index contributed by atoms with van der Waals surface area (Å²) >= 11 is 0. The molecule has 0 aliphatic carbocycles. The average molecular weight is 375 g/mol. The van der Waals surface area contributed by atoms with Crippen LogP contribution in [0.3, 0.4) is 0 Å². The van der Waals surface area contributed by atoms with Crippen LogP contribution in [0.15, 0.2) is 55.1 Å². The zero-order valence-corrected chi connectivity index (χ0v) is 15.6. The van der Waals surface area contributed by atoms with Gasteiger partial charge in [0, 0.05) is 25.7 Å². The summed E-state index contributed by atoms with van der Waals surface area (Å²) in [6.45, 7) is 3.08. The normalized spacial score (nSPS) is 13.1. The number of pyridine rings is 1. The smallest absolute Gasteiger partial charge is 0.274 e. The van der Waals surface area contributed by atoms with E-state index in [2.05, 4.69) is 27.4 Å². The molecule has 2 aromatic heterocycles. The summed E-state index contributed by atoms with van der Waals surface area (Å²) in [5.41, 5.74) is 3.52. The fourth-order valence-corrected chi connectivity index (χ4v) is 3.25. The molecular formula is C21H21N5O2. The minimum absolute atomic E-state index is 0.0619. The molecular weight excluding hydrogens is 354 g/mol. The van der Waals surface area contributed by atoms with E-state index in [4.69, 9.17) is 0 Å². The first kappa shape index (κ1) is 17.9. The number of carbonyl (C=O) groups is 2. The lowest BCUT2D eigenvalue weighted by Crippen LogP contribution is -2.36. The van der Waals surface area contributed by atoms with Crippen LogP contribution >= 0.6 is 0 Å². The van der Waals surface area contributed by atoms with Crippen LogP contribution in [0.25, 0.3) is 5.82 Å². The highest BCUT2D eigenvalue weighted by molar-refractivity contribution is 5.92. The zero-order valence-electron chi connectivity index (χ0n) is 15.6. The molecule has 1 aromatic carbocycles. The number of imidazole rings is 1. The minimum atomic E-state index is -0.0833. The molecule has 0 fully saturated rings. The van der Waals surface area contributed by atoms with E-state index in [9.17, 15) is 9.59 Å². The average Bonchev–Trinajstić information content (AvgIpc) is 3.23. The van der Waals surface area contributed by atoms with Gasteiger partial charge in [-0.3, -0.25) is 14.2 Å². The molecule has 0 atom stereocenters. The number of amides is 2. The van der Waals surface area contributed by atoms with Crippen LogP contribution in [0, 0.1) is 0 Å². The van der Waals surface area contributed by atoms with Crippen molar-refractivity contribution < 1.29 is 9.59 Å². The molecule has 0 bridgehead atoms. The van der Waals surface area contributed by atoms with E-state index in [-0.39, 0.29) is 11.8 Å². The molecule has 28 heavy (non-hydrogen) atoms. The van der Waals surface area contributed by atoms with Gasteiger partial charge in [0.25, 0.3) is 5.91 Å². The molecule has 4 rings (SSSR count). The number of anilines is 1. The highest BCUT2D eigenvalue weighted by Gasteiger charge is 2.23. The lowest BCUT2D eigenvalue weighted by molar-refractivity contribution is -0.115. The second-order valence-corrected chi connectivity index (χ2v) is 6.72. The zero-order chi connectivity index (χ0) is 19.5. The standard InChI is InChI=1S/C21H21N5O2/c1-2-20(27)24-17-7-8-19(22-11-17)26-13-18(23-14-26)21(28)25-10-9-15-5-3-4-6-16(15)12-25/h3-8,11,13-14H,2,9-10,12H2,1H3,(H,24,27). The molecule has 3 heterocycles. The topological polar surface area (TPSA) is 80.1 Å². The van der Waals surface area contributed by atoms with Crippen LogP contribution in [0.1, 0.15) is 35.0 Å². The Morgan fingerprint density at radius 2 is 1.93 bits per heavy atom. The van der Waals surface area contributed by atoms with Gasteiger partial charge < -0.3 is 10.2 Å². The molecule has 7 nitrogen and oxygen atoms in total. The SMILES string of the molecule is CCC(=O)Nc1ccc(-n2cnc(C(=O)N3CCc4ccccc4C3)c2)nc1. The number of carbonyl (C=O) groups excluding carboxylic acids is 2. The van der Waals surface area contributed by atoms with Crippen molar-refractivity contribution >= 4 is 17.5 Å². The molecule has 0 spiro atoms. The number of nitrogens with zero attached hydrogens (tertiary/aromatic N) is 4. The Morgan fingerprint density at radius 3 is 2.68 bits per heavy atom. The number of hydrogen-bond donors (Lipinski definition) is 1. The van der Waals surface area contributed by atoms with Gasteiger partial charge in [0.1, 0.15) is 17.8 Å². The van der Waals surface area contributed by atoms with Gasteiger partial charge in [-0.2, -0.15) is 0 Å². The van der Waals surface area contributed by atoms with E-state index in [1.807, 2.05) is 17.0 Å².